The van der Waals surface area contributed by atoms with Crippen molar-refractivity contribution < 1.29 is 19.1 Å². The van der Waals surface area contributed by atoms with Crippen molar-refractivity contribution in [3.63, 3.8) is 0 Å². The fourth-order valence-corrected chi connectivity index (χ4v) is 1.58. The third-order valence-electron chi connectivity index (χ3n) is 2.98. The standard InChI is InChI=1S/C13H16O4/c1-5-11(14)17-6-10-9(4)12(15)7(2)8(3)13(10)16/h5-6H2,1-4H3. The van der Waals surface area contributed by atoms with Crippen LogP contribution in [0.4, 0.5) is 0 Å². The predicted octanol–water partition coefficient (Wildman–Crippen LogP) is 1.74. The summed E-state index contributed by atoms with van der Waals surface area (Å²) in [5.74, 6) is -0.734. The summed E-state index contributed by atoms with van der Waals surface area (Å²) in [7, 11) is 0. The van der Waals surface area contributed by atoms with Gasteiger partial charge in [-0.3, -0.25) is 14.4 Å². The molecular formula is C13H16O4. The summed E-state index contributed by atoms with van der Waals surface area (Å²) < 4.78 is 4.91. The number of carbonyl (C=O) groups excluding carboxylic acids is 3. The SMILES string of the molecule is CCC(=O)OCC1=C(C)C(=O)C(C)=C(C)C1=O. The van der Waals surface area contributed by atoms with E-state index in [2.05, 4.69) is 0 Å². The van der Waals surface area contributed by atoms with Crippen molar-refractivity contribution in [3.8, 4) is 0 Å². The van der Waals surface area contributed by atoms with Gasteiger partial charge in [-0.05, 0) is 20.8 Å². The monoisotopic (exact) mass is 236 g/mol. The predicted molar refractivity (Wildman–Crippen MR) is 62.3 cm³/mol. The number of ketones is 2. The maximum atomic E-state index is 11.9. The number of carbonyl (C=O) groups is 3. The third-order valence-corrected chi connectivity index (χ3v) is 2.98. The minimum Gasteiger partial charge on any atom is -0.461 e. The zero-order valence-corrected chi connectivity index (χ0v) is 10.5. The highest BCUT2D eigenvalue weighted by Crippen LogP contribution is 2.24. The van der Waals surface area contributed by atoms with Crippen LogP contribution in [0.2, 0.25) is 0 Å². The number of rotatable bonds is 3. The van der Waals surface area contributed by atoms with Gasteiger partial charge in [-0.1, -0.05) is 6.92 Å². The molecule has 1 rings (SSSR count). The van der Waals surface area contributed by atoms with E-state index in [4.69, 9.17) is 4.74 Å². The Labute approximate surface area is 100 Å². The minimum atomic E-state index is -0.380. The van der Waals surface area contributed by atoms with Crippen LogP contribution < -0.4 is 0 Å². The van der Waals surface area contributed by atoms with E-state index < -0.39 is 0 Å². The maximum Gasteiger partial charge on any atom is 0.305 e. The van der Waals surface area contributed by atoms with Gasteiger partial charge in [0.25, 0.3) is 0 Å². The summed E-state index contributed by atoms with van der Waals surface area (Å²) >= 11 is 0. The molecule has 17 heavy (non-hydrogen) atoms. The lowest BCUT2D eigenvalue weighted by Gasteiger charge is -2.18. The van der Waals surface area contributed by atoms with Gasteiger partial charge < -0.3 is 4.74 Å². The third kappa shape index (κ3) is 2.52. The Balaban J connectivity index is 2.95. The van der Waals surface area contributed by atoms with E-state index in [1.54, 1.807) is 27.7 Å². The van der Waals surface area contributed by atoms with E-state index in [1.807, 2.05) is 0 Å². The molecular weight excluding hydrogens is 220 g/mol. The average molecular weight is 236 g/mol. The topological polar surface area (TPSA) is 60.4 Å². The maximum absolute atomic E-state index is 11.9. The van der Waals surface area contributed by atoms with Crippen LogP contribution in [0.3, 0.4) is 0 Å². The van der Waals surface area contributed by atoms with Crippen molar-refractivity contribution in [2.75, 3.05) is 6.61 Å². The van der Waals surface area contributed by atoms with Crippen molar-refractivity contribution >= 4 is 17.5 Å². The van der Waals surface area contributed by atoms with Gasteiger partial charge in [0, 0.05) is 28.7 Å². The highest BCUT2D eigenvalue weighted by molar-refractivity contribution is 6.24. The molecule has 0 unspecified atom stereocenters. The van der Waals surface area contributed by atoms with Crippen LogP contribution in [-0.2, 0) is 19.1 Å². The molecule has 0 aromatic heterocycles. The molecule has 4 heteroatoms. The van der Waals surface area contributed by atoms with Gasteiger partial charge in [-0.2, -0.15) is 0 Å². The molecule has 1 aliphatic carbocycles. The summed E-state index contributed by atoms with van der Waals surface area (Å²) in [5, 5.41) is 0. The second kappa shape index (κ2) is 5.08. The second-order valence-electron chi connectivity index (χ2n) is 4.03. The normalized spacial score (nSPS) is 16.7. The molecule has 0 spiro atoms. The van der Waals surface area contributed by atoms with Crippen LogP contribution >= 0.6 is 0 Å². The molecule has 0 aliphatic heterocycles. The molecule has 0 aromatic rings. The van der Waals surface area contributed by atoms with E-state index in [0.717, 1.165) is 0 Å². The molecule has 0 amide bonds. The van der Waals surface area contributed by atoms with Gasteiger partial charge in [0.15, 0.2) is 11.6 Å². The summed E-state index contributed by atoms with van der Waals surface area (Å²) in [6, 6.07) is 0. The molecule has 0 heterocycles. The summed E-state index contributed by atoms with van der Waals surface area (Å²) in [6.45, 7) is 6.39. The van der Waals surface area contributed by atoms with Crippen LogP contribution in [0, 0.1) is 0 Å². The van der Waals surface area contributed by atoms with E-state index >= 15 is 0 Å². The molecule has 1 aliphatic rings. The summed E-state index contributed by atoms with van der Waals surface area (Å²) in [5.41, 5.74) is 1.57. The van der Waals surface area contributed by atoms with Crippen LogP contribution in [0.15, 0.2) is 22.3 Å². The van der Waals surface area contributed by atoms with Gasteiger partial charge in [-0.25, -0.2) is 0 Å². The number of hydrogen-bond acceptors (Lipinski definition) is 4. The number of hydrogen-bond donors (Lipinski definition) is 0. The van der Waals surface area contributed by atoms with E-state index in [-0.39, 0.29) is 30.6 Å². The van der Waals surface area contributed by atoms with Gasteiger partial charge >= 0.3 is 5.97 Å². The Morgan fingerprint density at radius 2 is 1.53 bits per heavy atom. The van der Waals surface area contributed by atoms with E-state index in [0.29, 0.717) is 22.3 Å². The molecule has 0 saturated heterocycles. The first-order valence-electron chi connectivity index (χ1n) is 5.52. The molecule has 0 aromatic carbocycles. The minimum absolute atomic E-state index is 0.117. The molecule has 0 N–H and O–H groups in total. The molecule has 0 fully saturated rings. The van der Waals surface area contributed by atoms with Gasteiger partial charge in [0.1, 0.15) is 6.61 Å². The fraction of sp³-hybridized carbons (Fsp3) is 0.462. The summed E-state index contributed by atoms with van der Waals surface area (Å²) in [4.78, 5) is 34.8. The van der Waals surface area contributed by atoms with Crippen LogP contribution in [0.25, 0.3) is 0 Å². The zero-order valence-electron chi connectivity index (χ0n) is 10.5. The second-order valence-corrected chi connectivity index (χ2v) is 4.03. The molecule has 0 bridgehead atoms. The largest absolute Gasteiger partial charge is 0.461 e. The first-order valence-corrected chi connectivity index (χ1v) is 5.52. The van der Waals surface area contributed by atoms with Crippen LogP contribution in [0.5, 0.6) is 0 Å². The van der Waals surface area contributed by atoms with Crippen molar-refractivity contribution in [2.45, 2.75) is 34.1 Å². The van der Waals surface area contributed by atoms with Gasteiger partial charge in [0.2, 0.25) is 0 Å². The number of esters is 1. The van der Waals surface area contributed by atoms with Gasteiger partial charge in [0.05, 0.1) is 0 Å². The van der Waals surface area contributed by atoms with Crippen molar-refractivity contribution in [1.82, 2.24) is 0 Å². The first kappa shape index (κ1) is 13.4. The molecule has 0 atom stereocenters. The lowest BCUT2D eigenvalue weighted by atomic mass is 9.86. The molecule has 0 saturated carbocycles. The Bertz CT molecular complexity index is 452. The highest BCUT2D eigenvalue weighted by Gasteiger charge is 2.28. The van der Waals surface area contributed by atoms with Crippen molar-refractivity contribution in [1.29, 1.82) is 0 Å². The first-order chi connectivity index (χ1) is 7.90. The Morgan fingerprint density at radius 3 is 2.06 bits per heavy atom. The quantitative estimate of drug-likeness (QED) is 0.553. The van der Waals surface area contributed by atoms with Crippen LogP contribution in [-0.4, -0.2) is 24.1 Å². The zero-order chi connectivity index (χ0) is 13.2. The number of ether oxygens (including phenoxy) is 1. The van der Waals surface area contributed by atoms with E-state index in [1.165, 1.54) is 0 Å². The lowest BCUT2D eigenvalue weighted by Crippen LogP contribution is -2.24. The Hall–Kier alpha value is -1.71. The van der Waals surface area contributed by atoms with Crippen molar-refractivity contribution in [3.05, 3.63) is 22.3 Å². The van der Waals surface area contributed by atoms with E-state index in [9.17, 15) is 14.4 Å². The average Bonchev–Trinajstić information content (AvgIpc) is 2.33. The Kier molecular flexibility index (Phi) is 3.99. The number of Topliss-reactive ketones (excluding diaryl/α,β-unsaturated/α-hetero) is 2. The Morgan fingerprint density at radius 1 is 1.00 bits per heavy atom. The highest BCUT2D eigenvalue weighted by atomic mass is 16.5. The van der Waals surface area contributed by atoms with Crippen molar-refractivity contribution in [2.24, 2.45) is 0 Å². The fourth-order valence-electron chi connectivity index (χ4n) is 1.58. The smallest absolute Gasteiger partial charge is 0.305 e. The molecule has 4 nitrogen and oxygen atoms in total. The molecule has 0 radical (unpaired) electrons. The van der Waals surface area contributed by atoms with Crippen LogP contribution in [0.1, 0.15) is 34.1 Å². The number of allylic oxidation sites excluding steroid dienone is 3. The van der Waals surface area contributed by atoms with Gasteiger partial charge in [-0.15, -0.1) is 0 Å². The molecule has 92 valence electrons. The lowest BCUT2D eigenvalue weighted by molar-refractivity contribution is -0.142. The summed E-state index contributed by atoms with van der Waals surface area (Å²) in [6.07, 6.45) is 0.252.